The number of amides is 1. The minimum absolute atomic E-state index is 0.0984. The lowest BCUT2D eigenvalue weighted by atomic mass is 9.97. The summed E-state index contributed by atoms with van der Waals surface area (Å²) in [6, 6.07) is 18.0. The van der Waals surface area contributed by atoms with Gasteiger partial charge in [-0.05, 0) is 36.1 Å². The molecule has 0 aromatic heterocycles. The first-order chi connectivity index (χ1) is 12.3. The van der Waals surface area contributed by atoms with Crippen LogP contribution in [0.15, 0.2) is 54.6 Å². The smallest absolute Gasteiger partial charge is 0.253 e. The van der Waals surface area contributed by atoms with Crippen LogP contribution >= 0.6 is 0 Å². The van der Waals surface area contributed by atoms with Gasteiger partial charge in [0.15, 0.2) is 0 Å². The summed E-state index contributed by atoms with van der Waals surface area (Å²) < 4.78 is 5.45. The van der Waals surface area contributed by atoms with Crippen LogP contribution in [0.4, 0.5) is 0 Å². The van der Waals surface area contributed by atoms with Gasteiger partial charge in [-0.1, -0.05) is 48.4 Å². The molecular formula is C22H23NO2. The second-order valence-corrected chi connectivity index (χ2v) is 6.42. The predicted molar refractivity (Wildman–Crippen MR) is 100 cm³/mol. The van der Waals surface area contributed by atoms with Gasteiger partial charge >= 0.3 is 0 Å². The Hall–Kier alpha value is -2.57. The maximum Gasteiger partial charge on any atom is 0.253 e. The van der Waals surface area contributed by atoms with Crippen LogP contribution in [0.25, 0.3) is 11.1 Å². The van der Waals surface area contributed by atoms with Gasteiger partial charge < -0.3 is 9.64 Å². The monoisotopic (exact) mass is 333 g/mol. The van der Waals surface area contributed by atoms with Crippen molar-refractivity contribution in [2.24, 2.45) is 5.92 Å². The Bertz CT molecular complexity index is 731. The molecule has 1 fully saturated rings. The number of hydrogen-bond acceptors (Lipinski definition) is 2. The number of likely N-dealkylation sites (tertiary alicyclic amines) is 1. The molecule has 2 aromatic rings. The maximum atomic E-state index is 12.8. The molecule has 128 valence electrons. The molecule has 1 heterocycles. The van der Waals surface area contributed by atoms with E-state index >= 15 is 0 Å². The Labute approximate surface area is 149 Å². The zero-order valence-corrected chi connectivity index (χ0v) is 14.4. The summed E-state index contributed by atoms with van der Waals surface area (Å²) in [5, 5.41) is 0. The van der Waals surface area contributed by atoms with E-state index in [9.17, 15) is 4.79 Å². The van der Waals surface area contributed by atoms with Crippen molar-refractivity contribution >= 4 is 5.91 Å². The average molecular weight is 333 g/mol. The van der Waals surface area contributed by atoms with Crippen LogP contribution in [0.1, 0.15) is 23.2 Å². The number of nitrogens with zero attached hydrogens (tertiary/aromatic N) is 1. The van der Waals surface area contributed by atoms with Gasteiger partial charge in [-0.15, -0.1) is 6.42 Å². The highest BCUT2D eigenvalue weighted by molar-refractivity contribution is 5.94. The van der Waals surface area contributed by atoms with E-state index < -0.39 is 0 Å². The summed E-state index contributed by atoms with van der Waals surface area (Å²) in [4.78, 5) is 14.7. The zero-order chi connectivity index (χ0) is 17.5. The van der Waals surface area contributed by atoms with Gasteiger partial charge in [0.1, 0.15) is 6.61 Å². The van der Waals surface area contributed by atoms with E-state index in [-0.39, 0.29) is 5.91 Å². The first-order valence-corrected chi connectivity index (χ1v) is 8.74. The average Bonchev–Trinajstić information content (AvgIpc) is 2.69. The van der Waals surface area contributed by atoms with Crippen molar-refractivity contribution < 1.29 is 9.53 Å². The Morgan fingerprint density at radius 1 is 1.12 bits per heavy atom. The third-order valence-corrected chi connectivity index (χ3v) is 4.58. The fourth-order valence-electron chi connectivity index (χ4n) is 3.29. The minimum atomic E-state index is 0.0984. The van der Waals surface area contributed by atoms with E-state index in [1.807, 2.05) is 47.4 Å². The summed E-state index contributed by atoms with van der Waals surface area (Å²) in [7, 11) is 0. The van der Waals surface area contributed by atoms with Crippen molar-refractivity contribution in [1.82, 2.24) is 4.90 Å². The van der Waals surface area contributed by atoms with E-state index in [2.05, 4.69) is 18.1 Å². The minimum Gasteiger partial charge on any atom is -0.368 e. The molecule has 3 rings (SSSR count). The second-order valence-electron chi connectivity index (χ2n) is 6.42. The molecule has 0 aliphatic carbocycles. The van der Waals surface area contributed by atoms with Crippen molar-refractivity contribution in [3.05, 3.63) is 60.2 Å². The first kappa shape index (κ1) is 17.3. The van der Waals surface area contributed by atoms with Gasteiger partial charge in [-0.25, -0.2) is 0 Å². The third-order valence-electron chi connectivity index (χ3n) is 4.58. The highest BCUT2D eigenvalue weighted by Gasteiger charge is 2.24. The zero-order valence-electron chi connectivity index (χ0n) is 14.4. The Morgan fingerprint density at radius 2 is 1.84 bits per heavy atom. The molecule has 3 nitrogen and oxygen atoms in total. The van der Waals surface area contributed by atoms with Crippen molar-refractivity contribution in [2.45, 2.75) is 12.8 Å². The molecule has 2 aromatic carbocycles. The molecule has 0 N–H and O–H groups in total. The number of carbonyl (C=O) groups is 1. The number of carbonyl (C=O) groups excluding carboxylic acids is 1. The number of hydrogen-bond donors (Lipinski definition) is 0. The van der Waals surface area contributed by atoms with Crippen molar-refractivity contribution in [1.29, 1.82) is 0 Å². The largest absolute Gasteiger partial charge is 0.368 e. The quantitative estimate of drug-likeness (QED) is 0.614. The van der Waals surface area contributed by atoms with E-state index in [0.717, 1.165) is 42.6 Å². The van der Waals surface area contributed by atoms with Gasteiger partial charge in [-0.3, -0.25) is 4.79 Å². The first-order valence-electron chi connectivity index (χ1n) is 8.74. The summed E-state index contributed by atoms with van der Waals surface area (Å²) in [6.45, 7) is 2.51. The molecule has 1 aliphatic heterocycles. The lowest BCUT2D eigenvalue weighted by Crippen LogP contribution is -2.41. The molecule has 25 heavy (non-hydrogen) atoms. The van der Waals surface area contributed by atoms with Gasteiger partial charge in [0.2, 0.25) is 0 Å². The highest BCUT2D eigenvalue weighted by atomic mass is 16.5. The fraction of sp³-hybridized carbons (Fsp3) is 0.318. The van der Waals surface area contributed by atoms with E-state index in [1.54, 1.807) is 0 Å². The van der Waals surface area contributed by atoms with Gasteiger partial charge in [0.05, 0.1) is 6.61 Å². The molecule has 1 unspecified atom stereocenters. The molecule has 1 aliphatic rings. The number of ether oxygens (including phenoxy) is 1. The van der Waals surface area contributed by atoms with Crippen LogP contribution in [0.5, 0.6) is 0 Å². The SMILES string of the molecule is C#CCOCC1CCCN(C(=O)c2ccc(-c3ccccc3)cc2)C1. The maximum absolute atomic E-state index is 12.8. The molecule has 0 saturated carbocycles. The number of rotatable bonds is 5. The Balaban J connectivity index is 1.63. The fourth-order valence-corrected chi connectivity index (χ4v) is 3.29. The molecule has 1 amide bonds. The Kier molecular flexibility index (Phi) is 5.87. The van der Waals surface area contributed by atoms with Crippen LogP contribution in [0.3, 0.4) is 0 Å². The molecule has 3 heteroatoms. The molecular weight excluding hydrogens is 310 g/mol. The number of piperidine rings is 1. The third kappa shape index (κ3) is 4.49. The lowest BCUT2D eigenvalue weighted by Gasteiger charge is -2.32. The predicted octanol–water partition coefficient (Wildman–Crippen LogP) is 3.86. The van der Waals surface area contributed by atoms with Crippen molar-refractivity contribution in [3.8, 4) is 23.5 Å². The van der Waals surface area contributed by atoms with E-state index in [1.165, 1.54) is 0 Å². The Morgan fingerprint density at radius 3 is 2.56 bits per heavy atom. The highest BCUT2D eigenvalue weighted by Crippen LogP contribution is 2.22. The van der Waals surface area contributed by atoms with E-state index in [0.29, 0.717) is 19.1 Å². The number of benzene rings is 2. The standard InChI is InChI=1S/C22H23NO2/c1-2-15-25-17-18-7-6-14-23(16-18)22(24)21-12-10-20(11-13-21)19-8-4-3-5-9-19/h1,3-5,8-13,18H,6-7,14-17H2. The van der Waals surface area contributed by atoms with Gasteiger partial charge in [-0.2, -0.15) is 0 Å². The molecule has 1 atom stereocenters. The van der Waals surface area contributed by atoms with Gasteiger partial charge in [0, 0.05) is 24.6 Å². The van der Waals surface area contributed by atoms with Crippen LogP contribution < -0.4 is 0 Å². The van der Waals surface area contributed by atoms with Crippen molar-refractivity contribution in [2.75, 3.05) is 26.3 Å². The normalized spacial score (nSPS) is 17.1. The lowest BCUT2D eigenvalue weighted by molar-refractivity contribution is 0.0534. The molecule has 1 saturated heterocycles. The summed E-state index contributed by atoms with van der Waals surface area (Å²) >= 11 is 0. The summed E-state index contributed by atoms with van der Waals surface area (Å²) in [5.41, 5.74) is 3.02. The topological polar surface area (TPSA) is 29.5 Å². The number of terminal acetylenes is 1. The van der Waals surface area contributed by atoms with Crippen LogP contribution in [0.2, 0.25) is 0 Å². The van der Waals surface area contributed by atoms with Crippen LogP contribution in [-0.2, 0) is 4.74 Å². The second kappa shape index (κ2) is 8.50. The summed E-state index contributed by atoms with van der Waals surface area (Å²) in [6.07, 6.45) is 7.31. The van der Waals surface area contributed by atoms with Crippen molar-refractivity contribution in [3.63, 3.8) is 0 Å². The summed E-state index contributed by atoms with van der Waals surface area (Å²) in [5.74, 6) is 2.95. The van der Waals surface area contributed by atoms with Crippen LogP contribution in [0, 0.1) is 18.3 Å². The molecule has 0 spiro atoms. The van der Waals surface area contributed by atoms with Gasteiger partial charge in [0.25, 0.3) is 5.91 Å². The molecule has 0 bridgehead atoms. The van der Waals surface area contributed by atoms with Crippen LogP contribution in [-0.4, -0.2) is 37.1 Å². The van der Waals surface area contributed by atoms with E-state index in [4.69, 9.17) is 11.2 Å². The molecule has 0 radical (unpaired) electrons.